The van der Waals surface area contributed by atoms with E-state index in [4.69, 9.17) is 15.6 Å². The van der Waals surface area contributed by atoms with Crippen LogP contribution < -0.4 is 21.2 Å². The fourth-order valence-corrected chi connectivity index (χ4v) is 5.37. The van der Waals surface area contributed by atoms with Crippen LogP contribution >= 0.6 is 0 Å². The lowest BCUT2D eigenvalue weighted by molar-refractivity contribution is 0.0948. The van der Waals surface area contributed by atoms with Crippen LogP contribution in [0, 0.1) is 0 Å². The molecule has 0 radical (unpaired) electrons. The number of nitrogen functional groups attached to an aromatic ring is 1. The first-order valence-electron chi connectivity index (χ1n) is 12.6. The molecule has 10 nitrogen and oxygen atoms in total. The zero-order valence-corrected chi connectivity index (χ0v) is 21.0. The fourth-order valence-electron chi connectivity index (χ4n) is 5.37. The molecule has 37 heavy (non-hydrogen) atoms. The summed E-state index contributed by atoms with van der Waals surface area (Å²) in [5.41, 5.74) is 15.5. The molecule has 1 saturated carbocycles. The Hall–Kier alpha value is -4.18. The second kappa shape index (κ2) is 9.36. The minimum Gasteiger partial charge on any atom is -0.496 e. The van der Waals surface area contributed by atoms with Crippen LogP contribution in [0.4, 0.5) is 11.5 Å². The number of nitrogens with one attached hydrogen (secondary N) is 2. The van der Waals surface area contributed by atoms with E-state index in [9.17, 15) is 4.79 Å². The smallest absolute Gasteiger partial charge is 0.255 e. The van der Waals surface area contributed by atoms with E-state index in [1.54, 1.807) is 7.11 Å². The summed E-state index contributed by atoms with van der Waals surface area (Å²) >= 11 is 0. The Morgan fingerprint density at radius 2 is 1.97 bits per heavy atom. The normalized spacial score (nSPS) is 15.6. The van der Waals surface area contributed by atoms with Crippen molar-refractivity contribution in [1.82, 2.24) is 30.1 Å². The van der Waals surface area contributed by atoms with Gasteiger partial charge in [0.25, 0.3) is 5.91 Å². The van der Waals surface area contributed by atoms with Crippen LogP contribution in [0.15, 0.2) is 42.7 Å². The maximum atomic E-state index is 13.0. The quantitative estimate of drug-likeness (QED) is 0.366. The molecule has 4 N–H and O–H groups in total. The molecule has 1 amide bonds. The number of aromatic nitrogens is 4. The predicted molar refractivity (Wildman–Crippen MR) is 142 cm³/mol. The van der Waals surface area contributed by atoms with Gasteiger partial charge in [-0.3, -0.25) is 4.79 Å². The van der Waals surface area contributed by atoms with E-state index in [2.05, 4.69) is 20.7 Å². The van der Waals surface area contributed by atoms with E-state index in [-0.39, 0.29) is 5.91 Å². The van der Waals surface area contributed by atoms with Gasteiger partial charge in [0.05, 0.1) is 29.8 Å². The van der Waals surface area contributed by atoms with Crippen LogP contribution in [-0.2, 0) is 13.1 Å². The number of benzene rings is 2. The molecule has 0 spiro atoms. The molecular formula is C27H30N8O2. The number of hydrazine groups is 1. The van der Waals surface area contributed by atoms with E-state index in [1.165, 1.54) is 19.2 Å². The molecule has 0 saturated heterocycles. The predicted octanol–water partition coefficient (Wildman–Crippen LogP) is 3.90. The molecule has 1 fully saturated rings. The third-order valence-electron chi connectivity index (χ3n) is 7.26. The molecule has 2 aromatic heterocycles. The van der Waals surface area contributed by atoms with Gasteiger partial charge in [0.2, 0.25) is 0 Å². The maximum Gasteiger partial charge on any atom is 0.255 e. The molecule has 1 aliphatic heterocycles. The number of ether oxygens (including phenoxy) is 1. The monoisotopic (exact) mass is 498 g/mol. The van der Waals surface area contributed by atoms with Crippen molar-refractivity contribution in [2.75, 3.05) is 25.3 Å². The highest BCUT2D eigenvalue weighted by atomic mass is 16.5. The average molecular weight is 499 g/mol. The Morgan fingerprint density at radius 1 is 1.19 bits per heavy atom. The molecule has 3 heterocycles. The minimum atomic E-state index is -0.176. The molecule has 2 aliphatic rings. The van der Waals surface area contributed by atoms with Crippen molar-refractivity contribution in [2.45, 2.75) is 44.8 Å². The van der Waals surface area contributed by atoms with Crippen LogP contribution in [0.3, 0.4) is 0 Å². The second-order valence-corrected chi connectivity index (χ2v) is 9.75. The average Bonchev–Trinajstić information content (AvgIpc) is 3.65. The van der Waals surface area contributed by atoms with Crippen LogP contribution in [0.2, 0.25) is 0 Å². The molecule has 190 valence electrons. The van der Waals surface area contributed by atoms with Crippen molar-refractivity contribution in [1.29, 1.82) is 0 Å². The SMILES string of the molecule is COc1cc2c(cc1C(=O)NCc1ccc(-c3nn(C4CCCC4)c4ncnc(N)c34)cc1)CN(C)N2. The number of nitrogens with two attached hydrogens (primary N) is 1. The van der Waals surface area contributed by atoms with Gasteiger partial charge in [0, 0.05) is 31.8 Å². The number of anilines is 2. The molecule has 10 heteroatoms. The molecule has 2 aromatic carbocycles. The van der Waals surface area contributed by atoms with Crippen LogP contribution in [0.1, 0.15) is 53.2 Å². The van der Waals surface area contributed by atoms with Gasteiger partial charge in [-0.1, -0.05) is 37.1 Å². The first-order chi connectivity index (χ1) is 18.0. The highest BCUT2D eigenvalue weighted by Gasteiger charge is 2.25. The number of nitrogens with zero attached hydrogens (tertiary/aromatic N) is 5. The number of hydrogen-bond acceptors (Lipinski definition) is 8. The van der Waals surface area contributed by atoms with Crippen molar-refractivity contribution in [3.05, 3.63) is 59.4 Å². The third kappa shape index (κ3) is 4.23. The second-order valence-electron chi connectivity index (χ2n) is 9.75. The van der Waals surface area contributed by atoms with Gasteiger partial charge >= 0.3 is 0 Å². The lowest BCUT2D eigenvalue weighted by Crippen LogP contribution is -2.23. The molecule has 0 unspecified atom stereocenters. The van der Waals surface area contributed by atoms with Gasteiger partial charge in [0.15, 0.2) is 5.65 Å². The zero-order valence-electron chi connectivity index (χ0n) is 21.0. The lowest BCUT2D eigenvalue weighted by Gasteiger charge is -2.12. The first-order valence-corrected chi connectivity index (χ1v) is 12.6. The van der Waals surface area contributed by atoms with Crippen molar-refractivity contribution in [3.8, 4) is 17.0 Å². The fraction of sp³-hybridized carbons (Fsp3) is 0.333. The molecule has 1 aliphatic carbocycles. The van der Waals surface area contributed by atoms with Gasteiger partial charge in [-0.2, -0.15) is 5.10 Å². The largest absolute Gasteiger partial charge is 0.496 e. The number of methoxy groups -OCH3 is 1. The number of carbonyl (C=O) groups is 1. The lowest BCUT2D eigenvalue weighted by atomic mass is 10.1. The summed E-state index contributed by atoms with van der Waals surface area (Å²) in [6.07, 6.45) is 6.11. The Kier molecular flexibility index (Phi) is 5.88. The van der Waals surface area contributed by atoms with Crippen molar-refractivity contribution >= 4 is 28.4 Å². The summed E-state index contributed by atoms with van der Waals surface area (Å²) in [5, 5.41) is 10.7. The highest BCUT2D eigenvalue weighted by Crippen LogP contribution is 2.36. The summed E-state index contributed by atoms with van der Waals surface area (Å²) in [6.45, 7) is 1.11. The number of carbonyl (C=O) groups excluding carboxylic acids is 1. The molecule has 0 bridgehead atoms. The van der Waals surface area contributed by atoms with E-state index in [1.807, 2.05) is 53.1 Å². The Labute approximate surface area is 214 Å². The van der Waals surface area contributed by atoms with E-state index in [0.29, 0.717) is 29.7 Å². The van der Waals surface area contributed by atoms with Crippen molar-refractivity contribution in [3.63, 3.8) is 0 Å². The summed E-state index contributed by atoms with van der Waals surface area (Å²) in [4.78, 5) is 21.7. The number of amides is 1. The van der Waals surface area contributed by atoms with E-state index >= 15 is 0 Å². The minimum absolute atomic E-state index is 0.176. The summed E-state index contributed by atoms with van der Waals surface area (Å²) in [7, 11) is 3.53. The maximum absolute atomic E-state index is 13.0. The highest BCUT2D eigenvalue weighted by molar-refractivity contribution is 5.99. The van der Waals surface area contributed by atoms with Crippen molar-refractivity contribution in [2.24, 2.45) is 0 Å². The standard InChI is InChI=1S/C27H30N8O2/c1-34-14-18-11-20(22(37-2)12-21(18)32-34)27(36)29-13-16-7-9-17(10-8-16)24-23-25(28)30-15-31-26(23)35(33-24)19-5-3-4-6-19/h7-12,15,19,32H,3-6,13-14H2,1-2H3,(H,29,36)(H2,28,30,31). The first kappa shape index (κ1) is 23.2. The summed E-state index contributed by atoms with van der Waals surface area (Å²) < 4.78 is 7.51. The van der Waals surface area contributed by atoms with E-state index in [0.717, 1.165) is 58.5 Å². The number of rotatable bonds is 6. The molecule has 4 aromatic rings. The molecular weight excluding hydrogens is 468 g/mol. The molecule has 6 rings (SSSR count). The molecule has 0 atom stereocenters. The van der Waals surface area contributed by atoms with Gasteiger partial charge in [-0.15, -0.1) is 0 Å². The summed E-state index contributed by atoms with van der Waals surface area (Å²) in [6, 6.07) is 12.1. The van der Waals surface area contributed by atoms with E-state index < -0.39 is 0 Å². The van der Waals surface area contributed by atoms with Crippen molar-refractivity contribution < 1.29 is 9.53 Å². The van der Waals surface area contributed by atoms with Gasteiger partial charge in [0.1, 0.15) is 23.6 Å². The van der Waals surface area contributed by atoms with Crippen LogP contribution in [0.5, 0.6) is 5.75 Å². The topological polar surface area (TPSA) is 123 Å². The number of fused-ring (bicyclic) bond motifs is 2. The van der Waals surface area contributed by atoms with Gasteiger partial charge in [-0.25, -0.2) is 19.7 Å². The summed E-state index contributed by atoms with van der Waals surface area (Å²) in [5.74, 6) is 0.800. The van der Waals surface area contributed by atoms with Crippen LogP contribution in [-0.4, -0.2) is 44.8 Å². The third-order valence-corrected chi connectivity index (χ3v) is 7.26. The number of hydrogen-bond donors (Lipinski definition) is 3. The Balaban J connectivity index is 1.22. The van der Waals surface area contributed by atoms with Crippen LogP contribution in [0.25, 0.3) is 22.3 Å². The van der Waals surface area contributed by atoms with Gasteiger partial charge in [-0.05, 0) is 30.0 Å². The Morgan fingerprint density at radius 3 is 2.73 bits per heavy atom. The zero-order chi connectivity index (χ0) is 25.5. The van der Waals surface area contributed by atoms with Gasteiger partial charge < -0.3 is 21.2 Å². The Bertz CT molecular complexity index is 1470.